The van der Waals surface area contributed by atoms with Crippen LogP contribution in [0.4, 0.5) is 0 Å². The van der Waals surface area contributed by atoms with Crippen LogP contribution in [0.1, 0.15) is 36.8 Å². The van der Waals surface area contributed by atoms with Crippen molar-refractivity contribution < 1.29 is 5.11 Å². The minimum absolute atomic E-state index is 0.316. The third-order valence-electron chi connectivity index (χ3n) is 4.09. The van der Waals surface area contributed by atoms with Crippen LogP contribution in [0, 0.1) is 23.2 Å². The van der Waals surface area contributed by atoms with E-state index in [1.165, 1.54) is 19.3 Å². The van der Waals surface area contributed by atoms with Crippen molar-refractivity contribution in [2.75, 3.05) is 13.2 Å². The van der Waals surface area contributed by atoms with Gasteiger partial charge in [0.05, 0.1) is 11.6 Å². The highest BCUT2D eigenvalue weighted by molar-refractivity contribution is 5.32. The molecule has 0 bridgehead atoms. The molecule has 0 spiro atoms. The summed E-state index contributed by atoms with van der Waals surface area (Å²) in [7, 11) is 0. The lowest BCUT2D eigenvalue weighted by Crippen LogP contribution is -2.32. The molecule has 0 heterocycles. The van der Waals surface area contributed by atoms with Crippen molar-refractivity contribution >= 4 is 0 Å². The molecule has 1 aliphatic carbocycles. The van der Waals surface area contributed by atoms with Crippen molar-refractivity contribution in [2.45, 2.75) is 32.2 Å². The zero-order valence-electron chi connectivity index (χ0n) is 11.3. The number of nitrogens with zero attached hydrogens (tertiary/aromatic N) is 1. The molecule has 2 N–H and O–H groups in total. The lowest BCUT2D eigenvalue weighted by atomic mass is 9.79. The van der Waals surface area contributed by atoms with Crippen molar-refractivity contribution in [1.29, 1.82) is 5.26 Å². The predicted molar refractivity (Wildman–Crippen MR) is 75.4 cm³/mol. The molecule has 102 valence electrons. The fourth-order valence-electron chi connectivity index (χ4n) is 2.95. The van der Waals surface area contributed by atoms with Gasteiger partial charge in [-0.2, -0.15) is 5.26 Å². The molecular formula is C16H22N2O. The maximum atomic E-state index is 9.38. The Bertz CT molecular complexity index is 439. The Morgan fingerprint density at radius 3 is 2.79 bits per heavy atom. The summed E-state index contributed by atoms with van der Waals surface area (Å²) in [6.45, 7) is 2.07. The van der Waals surface area contributed by atoms with E-state index in [-0.39, 0.29) is 0 Å². The lowest BCUT2D eigenvalue weighted by Gasteiger charge is -2.30. The summed E-state index contributed by atoms with van der Waals surface area (Å²) in [5.41, 5.74) is 1.86. The molecule has 1 aliphatic rings. The minimum atomic E-state index is 0.316. The van der Waals surface area contributed by atoms with Crippen LogP contribution in [-0.4, -0.2) is 18.3 Å². The quantitative estimate of drug-likeness (QED) is 0.853. The van der Waals surface area contributed by atoms with E-state index >= 15 is 0 Å². The summed E-state index contributed by atoms with van der Waals surface area (Å²) in [6.07, 6.45) is 4.92. The second-order valence-corrected chi connectivity index (χ2v) is 5.43. The number of hydrogen-bond acceptors (Lipinski definition) is 3. The van der Waals surface area contributed by atoms with Crippen molar-refractivity contribution in [3.8, 4) is 6.07 Å². The molecule has 1 aromatic carbocycles. The fourth-order valence-corrected chi connectivity index (χ4v) is 2.95. The minimum Gasteiger partial charge on any atom is -0.396 e. The van der Waals surface area contributed by atoms with Gasteiger partial charge in [-0.05, 0) is 48.9 Å². The van der Waals surface area contributed by atoms with E-state index in [0.29, 0.717) is 24.0 Å². The molecule has 3 heteroatoms. The second-order valence-electron chi connectivity index (χ2n) is 5.43. The average molecular weight is 258 g/mol. The van der Waals surface area contributed by atoms with Crippen molar-refractivity contribution in [1.82, 2.24) is 5.32 Å². The number of aliphatic hydroxyl groups excluding tert-OH is 1. The van der Waals surface area contributed by atoms with Gasteiger partial charge in [-0.1, -0.05) is 25.0 Å². The van der Waals surface area contributed by atoms with E-state index in [4.69, 9.17) is 5.26 Å². The smallest absolute Gasteiger partial charge is 0.0991 e. The zero-order valence-corrected chi connectivity index (χ0v) is 11.3. The maximum absolute atomic E-state index is 9.38. The van der Waals surface area contributed by atoms with Gasteiger partial charge in [-0.25, -0.2) is 0 Å². The number of aliphatic hydroxyl groups is 1. The molecule has 2 rings (SSSR count). The standard InChI is InChI=1S/C16H22N2O/c17-9-13-4-3-5-14(8-13)10-18-11-15-6-1-2-7-16(15)12-19/h3-5,8,15-16,18-19H,1-2,6-7,10-12H2. The van der Waals surface area contributed by atoms with Crippen LogP contribution in [0.2, 0.25) is 0 Å². The first-order valence-corrected chi connectivity index (χ1v) is 7.14. The molecule has 2 unspecified atom stereocenters. The number of nitrogens with one attached hydrogen (secondary N) is 1. The Hall–Kier alpha value is -1.37. The highest BCUT2D eigenvalue weighted by Gasteiger charge is 2.23. The predicted octanol–water partition coefficient (Wildman–Crippen LogP) is 2.45. The van der Waals surface area contributed by atoms with E-state index < -0.39 is 0 Å². The highest BCUT2D eigenvalue weighted by atomic mass is 16.3. The molecule has 2 atom stereocenters. The van der Waals surface area contributed by atoms with Crippen molar-refractivity contribution in [3.05, 3.63) is 35.4 Å². The second kappa shape index (κ2) is 7.28. The summed E-state index contributed by atoms with van der Waals surface area (Å²) in [5.74, 6) is 1.06. The molecule has 1 fully saturated rings. The van der Waals surface area contributed by atoms with Gasteiger partial charge in [0.15, 0.2) is 0 Å². The van der Waals surface area contributed by atoms with Crippen LogP contribution < -0.4 is 5.32 Å². The van der Waals surface area contributed by atoms with Gasteiger partial charge in [0.25, 0.3) is 0 Å². The summed E-state index contributed by atoms with van der Waals surface area (Å²) in [6, 6.07) is 9.88. The van der Waals surface area contributed by atoms with Gasteiger partial charge in [0, 0.05) is 13.2 Å². The Morgan fingerprint density at radius 2 is 2.05 bits per heavy atom. The normalized spacial score (nSPS) is 22.9. The molecule has 1 saturated carbocycles. The van der Waals surface area contributed by atoms with E-state index in [1.807, 2.05) is 24.3 Å². The third-order valence-corrected chi connectivity index (χ3v) is 4.09. The first-order chi connectivity index (χ1) is 9.33. The monoisotopic (exact) mass is 258 g/mol. The molecule has 0 aliphatic heterocycles. The van der Waals surface area contributed by atoms with Gasteiger partial charge < -0.3 is 10.4 Å². The first kappa shape index (κ1) is 14.0. The molecule has 0 amide bonds. The first-order valence-electron chi connectivity index (χ1n) is 7.14. The van der Waals surface area contributed by atoms with Gasteiger partial charge >= 0.3 is 0 Å². The summed E-state index contributed by atoms with van der Waals surface area (Å²) >= 11 is 0. The molecule has 0 aromatic heterocycles. The van der Waals surface area contributed by atoms with Gasteiger partial charge in [-0.3, -0.25) is 0 Å². The van der Waals surface area contributed by atoms with E-state index in [1.54, 1.807) is 0 Å². The Kier molecular flexibility index (Phi) is 5.38. The Labute approximate surface area is 115 Å². The number of rotatable bonds is 5. The molecule has 3 nitrogen and oxygen atoms in total. The van der Waals surface area contributed by atoms with Crippen LogP contribution in [0.25, 0.3) is 0 Å². The molecule has 0 saturated heterocycles. The zero-order chi connectivity index (χ0) is 13.5. The highest BCUT2D eigenvalue weighted by Crippen LogP contribution is 2.29. The van der Waals surface area contributed by atoms with Crippen LogP contribution >= 0.6 is 0 Å². The van der Waals surface area contributed by atoms with Gasteiger partial charge in [0.2, 0.25) is 0 Å². The number of benzene rings is 1. The SMILES string of the molecule is N#Cc1cccc(CNCC2CCCCC2CO)c1. The molecule has 1 aromatic rings. The largest absolute Gasteiger partial charge is 0.396 e. The van der Waals surface area contributed by atoms with Crippen LogP contribution in [-0.2, 0) is 6.54 Å². The average Bonchev–Trinajstić information content (AvgIpc) is 2.48. The van der Waals surface area contributed by atoms with Crippen molar-refractivity contribution in [3.63, 3.8) is 0 Å². The van der Waals surface area contributed by atoms with Crippen LogP contribution in [0.15, 0.2) is 24.3 Å². The molecule has 0 radical (unpaired) electrons. The summed E-state index contributed by atoms with van der Waals surface area (Å²) < 4.78 is 0. The Balaban J connectivity index is 1.80. The van der Waals surface area contributed by atoms with Crippen LogP contribution in [0.5, 0.6) is 0 Å². The maximum Gasteiger partial charge on any atom is 0.0991 e. The summed E-state index contributed by atoms with van der Waals surface area (Å²) in [5, 5.41) is 21.7. The van der Waals surface area contributed by atoms with Crippen molar-refractivity contribution in [2.24, 2.45) is 11.8 Å². The number of nitriles is 1. The van der Waals surface area contributed by atoms with Gasteiger partial charge in [-0.15, -0.1) is 0 Å². The van der Waals surface area contributed by atoms with Gasteiger partial charge in [0.1, 0.15) is 0 Å². The van der Waals surface area contributed by atoms with Crippen LogP contribution in [0.3, 0.4) is 0 Å². The summed E-state index contributed by atoms with van der Waals surface area (Å²) in [4.78, 5) is 0. The van der Waals surface area contributed by atoms with E-state index in [0.717, 1.165) is 25.1 Å². The topological polar surface area (TPSA) is 56.0 Å². The lowest BCUT2D eigenvalue weighted by molar-refractivity contribution is 0.133. The number of hydrogen-bond donors (Lipinski definition) is 2. The third kappa shape index (κ3) is 4.05. The van der Waals surface area contributed by atoms with E-state index in [9.17, 15) is 5.11 Å². The molecule has 19 heavy (non-hydrogen) atoms. The van der Waals surface area contributed by atoms with E-state index in [2.05, 4.69) is 11.4 Å². The fraction of sp³-hybridized carbons (Fsp3) is 0.562. The molecular weight excluding hydrogens is 236 g/mol. The Morgan fingerprint density at radius 1 is 1.26 bits per heavy atom.